The van der Waals surface area contributed by atoms with Crippen LogP contribution in [-0.2, 0) is 6.18 Å². The van der Waals surface area contributed by atoms with Crippen LogP contribution >= 0.6 is 11.8 Å². The molecule has 3 aromatic rings. The van der Waals surface area contributed by atoms with Gasteiger partial charge in [-0.3, -0.25) is 0 Å². The van der Waals surface area contributed by atoms with Gasteiger partial charge in [0.1, 0.15) is 0 Å². The van der Waals surface area contributed by atoms with Gasteiger partial charge in [-0.2, -0.15) is 13.2 Å². The van der Waals surface area contributed by atoms with Crippen LogP contribution in [0.4, 0.5) is 13.2 Å². The third-order valence-electron chi connectivity index (χ3n) is 4.00. The zero-order valence-electron chi connectivity index (χ0n) is 14.5. The predicted octanol–water partition coefficient (Wildman–Crippen LogP) is 6.23. The van der Waals surface area contributed by atoms with E-state index in [1.807, 2.05) is 39.0 Å². The first-order valence-corrected chi connectivity index (χ1v) is 8.87. The van der Waals surface area contributed by atoms with Gasteiger partial charge in [0.25, 0.3) is 5.22 Å². The summed E-state index contributed by atoms with van der Waals surface area (Å²) in [4.78, 5) is 0. The summed E-state index contributed by atoms with van der Waals surface area (Å²) in [7, 11) is 0. The largest absolute Gasteiger partial charge is 0.416 e. The maximum atomic E-state index is 12.7. The van der Waals surface area contributed by atoms with Crippen molar-refractivity contribution in [2.45, 2.75) is 37.4 Å². The van der Waals surface area contributed by atoms with Gasteiger partial charge in [-0.25, -0.2) is 0 Å². The van der Waals surface area contributed by atoms with Crippen LogP contribution < -0.4 is 0 Å². The summed E-state index contributed by atoms with van der Waals surface area (Å²) in [6, 6.07) is 11.1. The quantitative estimate of drug-likeness (QED) is 0.505. The number of alkyl halides is 3. The van der Waals surface area contributed by atoms with E-state index in [0.29, 0.717) is 11.1 Å². The molecule has 3 rings (SSSR count). The molecule has 0 N–H and O–H groups in total. The molecule has 1 atom stereocenters. The molecule has 1 unspecified atom stereocenters. The highest BCUT2D eigenvalue weighted by Gasteiger charge is 2.30. The molecule has 136 valence electrons. The molecule has 0 bridgehead atoms. The van der Waals surface area contributed by atoms with Crippen molar-refractivity contribution in [1.29, 1.82) is 0 Å². The van der Waals surface area contributed by atoms with Crippen LogP contribution in [0.25, 0.3) is 11.5 Å². The Kier molecular flexibility index (Phi) is 5.09. The van der Waals surface area contributed by atoms with Gasteiger partial charge in [0.15, 0.2) is 0 Å². The molecular weight excluding hydrogens is 361 g/mol. The van der Waals surface area contributed by atoms with Gasteiger partial charge in [0.2, 0.25) is 5.89 Å². The second-order valence-electron chi connectivity index (χ2n) is 6.07. The molecule has 0 fully saturated rings. The first-order chi connectivity index (χ1) is 12.2. The first-order valence-electron chi connectivity index (χ1n) is 7.99. The second kappa shape index (κ2) is 7.15. The van der Waals surface area contributed by atoms with Crippen LogP contribution in [-0.4, -0.2) is 10.2 Å². The molecule has 0 saturated heterocycles. The molecule has 0 radical (unpaired) electrons. The Labute approximate surface area is 153 Å². The number of aromatic nitrogens is 2. The van der Waals surface area contributed by atoms with Crippen molar-refractivity contribution in [2.24, 2.45) is 0 Å². The van der Waals surface area contributed by atoms with Gasteiger partial charge in [-0.05, 0) is 50.1 Å². The topological polar surface area (TPSA) is 38.9 Å². The van der Waals surface area contributed by atoms with Crippen molar-refractivity contribution in [3.05, 3.63) is 64.7 Å². The van der Waals surface area contributed by atoms with Crippen LogP contribution in [0.5, 0.6) is 0 Å². The number of nitrogens with zero attached hydrogens (tertiary/aromatic N) is 2. The average Bonchev–Trinajstić information content (AvgIpc) is 3.02. The monoisotopic (exact) mass is 378 g/mol. The molecule has 7 heteroatoms. The third-order valence-corrected chi connectivity index (χ3v) is 5.00. The van der Waals surface area contributed by atoms with Crippen molar-refractivity contribution < 1.29 is 17.6 Å². The van der Waals surface area contributed by atoms with Crippen LogP contribution in [0.15, 0.2) is 52.1 Å². The van der Waals surface area contributed by atoms with Gasteiger partial charge >= 0.3 is 6.18 Å². The fraction of sp³-hybridized carbons (Fsp3) is 0.263. The van der Waals surface area contributed by atoms with Crippen LogP contribution in [0.2, 0.25) is 0 Å². The molecule has 1 aromatic heterocycles. The summed E-state index contributed by atoms with van der Waals surface area (Å²) in [5.74, 6) is 0.435. The van der Waals surface area contributed by atoms with Crippen molar-refractivity contribution in [3.63, 3.8) is 0 Å². The average molecular weight is 378 g/mol. The number of aryl methyl sites for hydroxylation is 2. The number of hydrogen-bond donors (Lipinski definition) is 0. The van der Waals surface area contributed by atoms with E-state index in [0.717, 1.165) is 34.4 Å². The lowest BCUT2D eigenvalue weighted by Gasteiger charge is -2.11. The summed E-state index contributed by atoms with van der Waals surface area (Å²) in [6.07, 6.45) is -4.33. The molecule has 2 aromatic carbocycles. The number of rotatable bonds is 4. The SMILES string of the molecule is Cc1ccc(-c2nnc(SC(C)c3ccc(C(F)(F)F)cc3)o2)c(C)c1. The van der Waals surface area contributed by atoms with E-state index in [4.69, 9.17) is 4.42 Å². The second-order valence-corrected chi connectivity index (χ2v) is 7.36. The standard InChI is InChI=1S/C19H17F3N2OS/c1-11-4-9-16(12(2)10-11)17-23-24-18(25-17)26-13(3)14-5-7-15(8-6-14)19(20,21)22/h4-10,13H,1-3H3. The van der Waals surface area contributed by atoms with E-state index in [2.05, 4.69) is 10.2 Å². The third kappa shape index (κ3) is 4.09. The zero-order valence-corrected chi connectivity index (χ0v) is 15.3. The number of benzene rings is 2. The van der Waals surface area contributed by atoms with Crippen LogP contribution in [0.3, 0.4) is 0 Å². The van der Waals surface area contributed by atoms with Gasteiger partial charge in [0, 0.05) is 10.8 Å². The maximum Gasteiger partial charge on any atom is 0.416 e. The fourth-order valence-corrected chi connectivity index (χ4v) is 3.39. The van der Waals surface area contributed by atoms with Crippen molar-refractivity contribution in [2.75, 3.05) is 0 Å². The normalized spacial score (nSPS) is 13.0. The smallest absolute Gasteiger partial charge is 0.411 e. The number of thioether (sulfide) groups is 1. The molecule has 26 heavy (non-hydrogen) atoms. The Balaban J connectivity index is 1.74. The van der Waals surface area contributed by atoms with Gasteiger partial charge < -0.3 is 4.42 Å². The van der Waals surface area contributed by atoms with Crippen molar-refractivity contribution in [1.82, 2.24) is 10.2 Å². The molecule has 0 saturated carbocycles. The number of hydrogen-bond acceptors (Lipinski definition) is 4. The Morgan fingerprint density at radius 1 is 1.00 bits per heavy atom. The predicted molar refractivity (Wildman–Crippen MR) is 94.9 cm³/mol. The van der Waals surface area contributed by atoms with E-state index in [9.17, 15) is 13.2 Å². The lowest BCUT2D eigenvalue weighted by molar-refractivity contribution is -0.137. The maximum absolute atomic E-state index is 12.7. The first kappa shape index (κ1) is 18.5. The molecule has 1 heterocycles. The zero-order chi connectivity index (χ0) is 18.9. The minimum Gasteiger partial charge on any atom is -0.411 e. The summed E-state index contributed by atoms with van der Waals surface area (Å²) < 4.78 is 43.7. The summed E-state index contributed by atoms with van der Waals surface area (Å²) in [6.45, 7) is 5.87. The lowest BCUT2D eigenvalue weighted by Crippen LogP contribution is -2.04. The van der Waals surface area contributed by atoms with Gasteiger partial charge in [-0.1, -0.05) is 41.6 Å². The molecule has 0 amide bonds. The molecule has 3 nitrogen and oxygen atoms in total. The van der Waals surface area contributed by atoms with E-state index in [1.165, 1.54) is 23.9 Å². The van der Waals surface area contributed by atoms with E-state index in [1.54, 1.807) is 0 Å². The Bertz CT molecular complexity index is 904. The highest BCUT2D eigenvalue weighted by atomic mass is 32.2. The van der Waals surface area contributed by atoms with Crippen LogP contribution in [0, 0.1) is 13.8 Å². The molecule has 0 aliphatic rings. The van der Waals surface area contributed by atoms with Crippen molar-refractivity contribution >= 4 is 11.8 Å². The highest BCUT2D eigenvalue weighted by molar-refractivity contribution is 7.99. The summed E-state index contributed by atoms with van der Waals surface area (Å²) >= 11 is 1.31. The molecule has 0 aliphatic heterocycles. The Hall–Kier alpha value is -2.28. The van der Waals surface area contributed by atoms with Crippen molar-refractivity contribution in [3.8, 4) is 11.5 Å². The lowest BCUT2D eigenvalue weighted by atomic mass is 10.1. The summed E-state index contributed by atoms with van der Waals surface area (Å²) in [5.41, 5.74) is 3.16. The van der Waals surface area contributed by atoms with E-state index in [-0.39, 0.29) is 5.25 Å². The Morgan fingerprint density at radius 2 is 1.69 bits per heavy atom. The summed E-state index contributed by atoms with van der Waals surface area (Å²) in [5, 5.41) is 8.39. The molecule has 0 spiro atoms. The minimum absolute atomic E-state index is 0.121. The Morgan fingerprint density at radius 3 is 2.31 bits per heavy atom. The fourth-order valence-electron chi connectivity index (χ4n) is 2.58. The molecule has 0 aliphatic carbocycles. The minimum atomic E-state index is -4.33. The van der Waals surface area contributed by atoms with E-state index >= 15 is 0 Å². The van der Waals surface area contributed by atoms with Gasteiger partial charge in [0.05, 0.1) is 5.56 Å². The number of halogens is 3. The highest BCUT2D eigenvalue weighted by Crippen LogP contribution is 2.37. The van der Waals surface area contributed by atoms with Crippen LogP contribution in [0.1, 0.15) is 34.4 Å². The van der Waals surface area contributed by atoms with E-state index < -0.39 is 11.7 Å². The van der Waals surface area contributed by atoms with Gasteiger partial charge in [-0.15, -0.1) is 10.2 Å². The molecular formula is C19H17F3N2OS.